The summed E-state index contributed by atoms with van der Waals surface area (Å²) in [7, 11) is 5.27. The third kappa shape index (κ3) is 31.5. The molecule has 6 rings (SSSR count). The van der Waals surface area contributed by atoms with Crippen LogP contribution in [0.25, 0.3) is 10.9 Å². The number of unbranched alkanes of at least 4 members (excludes halogenated alkanes) is 3. The van der Waals surface area contributed by atoms with E-state index in [-0.39, 0.29) is 89.6 Å². The number of carbonyl (C=O) groups excluding carboxylic acids is 17. The first-order valence-corrected chi connectivity index (χ1v) is 43.8. The Balaban J connectivity index is 1.43. The summed E-state index contributed by atoms with van der Waals surface area (Å²) in [6, 6.07) is -3.72. The Morgan fingerprint density at radius 2 is 1.13 bits per heavy atom. The van der Waals surface area contributed by atoms with Crippen molar-refractivity contribution in [1.82, 2.24) is 97.9 Å². The number of nitrogens with zero attached hydrogens (tertiary/aromatic N) is 6. The number of aliphatic hydroxyl groups excluding tert-OH is 1. The topological polar surface area (TPSA) is 605 Å². The minimum absolute atomic E-state index is 0.00493. The number of aromatic nitrogens is 3. The molecule has 42 heteroatoms. The number of imidazole rings is 1. The molecule has 0 bridgehead atoms. The highest BCUT2D eigenvalue weighted by molar-refractivity contribution is 8.00. The number of primary amides is 2. The van der Waals surface area contributed by atoms with Gasteiger partial charge in [0.1, 0.15) is 78.5 Å². The summed E-state index contributed by atoms with van der Waals surface area (Å²) in [6.45, 7) is 7.86. The van der Waals surface area contributed by atoms with Gasteiger partial charge in [-0.25, -0.2) is 4.98 Å². The maximum Gasteiger partial charge on any atom is 0.246 e. The third-order valence-corrected chi connectivity index (χ3v) is 22.9. The normalized spacial score (nSPS) is 24.0. The molecule has 4 heterocycles. The first kappa shape index (κ1) is 103. The second-order valence-corrected chi connectivity index (χ2v) is 33.3. The minimum Gasteiger partial charge on any atom is -0.394 e. The fourth-order valence-corrected chi connectivity index (χ4v) is 15.6. The van der Waals surface area contributed by atoms with Crippen molar-refractivity contribution >= 4 is 129 Å². The number of thioether (sulfide) groups is 1. The zero-order chi connectivity index (χ0) is 93.0. The van der Waals surface area contributed by atoms with Gasteiger partial charge in [0, 0.05) is 95.3 Å². The Labute approximate surface area is 737 Å². The number of rotatable bonds is 27. The van der Waals surface area contributed by atoms with Crippen molar-refractivity contribution in [2.75, 3.05) is 72.5 Å². The van der Waals surface area contributed by atoms with Crippen LogP contribution >= 0.6 is 11.8 Å². The lowest BCUT2D eigenvalue weighted by atomic mass is 10.0. The van der Waals surface area contributed by atoms with Crippen LogP contribution in [0.4, 0.5) is 0 Å². The molecule has 0 aliphatic carbocycles. The number of aliphatic hydroxyl groups is 1. The van der Waals surface area contributed by atoms with Crippen molar-refractivity contribution in [2.24, 2.45) is 23.1 Å². The summed E-state index contributed by atoms with van der Waals surface area (Å²) in [5, 5.41) is 48.4. The van der Waals surface area contributed by atoms with Gasteiger partial charge in [0.15, 0.2) is 5.96 Å². The molecule has 2 aliphatic heterocycles. The molecule has 4 aromatic rings. The van der Waals surface area contributed by atoms with Crippen molar-refractivity contribution < 1.29 is 86.6 Å². The van der Waals surface area contributed by atoms with E-state index in [1.807, 2.05) is 20.8 Å². The van der Waals surface area contributed by atoms with Gasteiger partial charge in [-0.05, 0) is 81.4 Å². The summed E-state index contributed by atoms with van der Waals surface area (Å²) in [6.07, 6.45) is 5.74. The number of nitrogens with two attached hydrogens (primary N) is 3. The molecule has 2 aromatic heterocycles. The molecule has 21 N–H and O–H groups in total. The van der Waals surface area contributed by atoms with Crippen LogP contribution in [0, 0.1) is 11.3 Å². The van der Waals surface area contributed by atoms with Crippen molar-refractivity contribution in [3.63, 3.8) is 0 Å². The van der Waals surface area contributed by atoms with E-state index in [9.17, 15) is 72.2 Å². The second-order valence-electron chi connectivity index (χ2n) is 32.2. The summed E-state index contributed by atoms with van der Waals surface area (Å²) in [5.74, 6) is -16.8. The molecular weight excluding hydrogens is 1650 g/mol. The van der Waals surface area contributed by atoms with Crippen molar-refractivity contribution in [3.05, 3.63) is 90.1 Å². The van der Waals surface area contributed by atoms with Crippen LogP contribution in [0.1, 0.15) is 155 Å². The number of fused-ring (bicyclic) bond motifs is 2. The number of carbonyl (C=O) groups is 17. The smallest absolute Gasteiger partial charge is 0.246 e. The molecule has 692 valence electrons. The highest BCUT2D eigenvalue weighted by Crippen LogP contribution is 2.25. The predicted molar refractivity (Wildman–Crippen MR) is 467 cm³/mol. The molecule has 17 amide bonds. The first-order chi connectivity index (χ1) is 59.9. The molecule has 2 saturated heterocycles. The zero-order valence-corrected chi connectivity index (χ0v) is 74.2. The fraction of sp³-hybridized carbons (Fsp3) is 0.583. The maximum absolute atomic E-state index is 15.3. The largest absolute Gasteiger partial charge is 0.394 e. The first-order valence-electron chi connectivity index (χ1n) is 42.7. The van der Waals surface area contributed by atoms with E-state index in [2.05, 4.69) is 73.4 Å². The number of guanidine groups is 1. The molecule has 13 atom stereocenters. The van der Waals surface area contributed by atoms with E-state index in [0.29, 0.717) is 66.2 Å². The lowest BCUT2D eigenvalue weighted by molar-refractivity contribution is -0.149. The molecular formula is C84H127N23O18S. The van der Waals surface area contributed by atoms with E-state index in [1.165, 1.54) is 57.4 Å². The molecule has 0 spiro atoms. The van der Waals surface area contributed by atoms with E-state index >= 15 is 14.4 Å². The van der Waals surface area contributed by atoms with Crippen LogP contribution in [0.5, 0.6) is 0 Å². The zero-order valence-electron chi connectivity index (χ0n) is 73.4. The number of para-hydroxylation sites is 1. The number of amides is 17. The quantitative estimate of drug-likeness (QED) is 0.0164. The van der Waals surface area contributed by atoms with Crippen LogP contribution in [0.3, 0.4) is 0 Å². The van der Waals surface area contributed by atoms with E-state index in [1.54, 1.807) is 74.6 Å². The van der Waals surface area contributed by atoms with Crippen molar-refractivity contribution in [1.29, 1.82) is 5.41 Å². The molecule has 0 radical (unpaired) electrons. The number of hydrogen-bond donors (Lipinski definition) is 18. The average Bonchev–Trinajstić information content (AvgIpc) is 1.61. The second kappa shape index (κ2) is 51.3. The van der Waals surface area contributed by atoms with E-state index in [0.717, 1.165) is 26.5 Å². The van der Waals surface area contributed by atoms with E-state index < -0.39 is 223 Å². The average molecular weight is 1780 g/mol. The molecule has 2 aliphatic rings. The van der Waals surface area contributed by atoms with Gasteiger partial charge in [0.05, 0.1) is 38.2 Å². The molecule has 126 heavy (non-hydrogen) atoms. The Hall–Kier alpha value is -12.2. The summed E-state index contributed by atoms with van der Waals surface area (Å²) in [4.78, 5) is 261. The van der Waals surface area contributed by atoms with E-state index in [4.69, 9.17) is 22.6 Å². The van der Waals surface area contributed by atoms with Gasteiger partial charge in [-0.2, -0.15) is 0 Å². The summed E-state index contributed by atoms with van der Waals surface area (Å²) in [5.41, 5.74) is 18.8. The van der Waals surface area contributed by atoms with Crippen LogP contribution in [0.2, 0.25) is 0 Å². The van der Waals surface area contributed by atoms with Crippen LogP contribution in [-0.4, -0.2) is 302 Å². The number of benzene rings is 2. The van der Waals surface area contributed by atoms with Gasteiger partial charge in [0.25, 0.3) is 0 Å². The van der Waals surface area contributed by atoms with Gasteiger partial charge >= 0.3 is 0 Å². The molecule has 0 saturated carbocycles. The summed E-state index contributed by atoms with van der Waals surface area (Å²) >= 11 is 0.799. The lowest BCUT2D eigenvalue weighted by Crippen LogP contribution is -2.61. The molecule has 2 aromatic carbocycles. The third-order valence-electron chi connectivity index (χ3n) is 21.9. The Kier molecular flexibility index (Phi) is 41.7. The van der Waals surface area contributed by atoms with Gasteiger partial charge in [-0.1, -0.05) is 122 Å². The fourth-order valence-electron chi connectivity index (χ4n) is 14.7. The van der Waals surface area contributed by atoms with Gasteiger partial charge in [0.2, 0.25) is 100 Å². The minimum atomic E-state index is -1.78. The maximum atomic E-state index is 15.3. The summed E-state index contributed by atoms with van der Waals surface area (Å²) < 4.78 is 0. The highest BCUT2D eigenvalue weighted by Gasteiger charge is 2.44. The van der Waals surface area contributed by atoms with Crippen LogP contribution in [-0.2, 0) is 101 Å². The molecule has 0 unspecified atom stereocenters. The predicted octanol–water partition coefficient (Wildman–Crippen LogP) is -2.67. The van der Waals surface area contributed by atoms with Gasteiger partial charge < -0.3 is 115 Å². The molecule has 41 nitrogen and oxygen atoms in total. The number of H-pyrrole nitrogens is 2. The van der Waals surface area contributed by atoms with Crippen molar-refractivity contribution in [3.8, 4) is 0 Å². The van der Waals surface area contributed by atoms with Crippen molar-refractivity contribution in [2.45, 2.75) is 236 Å². The number of aromatic amines is 2. The number of hydrogen-bond acceptors (Lipinski definition) is 21. The van der Waals surface area contributed by atoms with Crippen LogP contribution in [0.15, 0.2) is 73.3 Å². The highest BCUT2D eigenvalue weighted by atomic mass is 32.2. The lowest BCUT2D eigenvalue weighted by Gasteiger charge is -2.36. The Bertz CT molecular complexity index is 4420. The Morgan fingerprint density at radius 3 is 1.77 bits per heavy atom. The number of nitrogens with one attached hydrogen (secondary N) is 14. The van der Waals surface area contributed by atoms with Crippen LogP contribution < -0.4 is 75.7 Å². The number of likely N-dealkylation sites (N-methyl/N-ethyl adjacent to an activating group) is 4. The monoisotopic (exact) mass is 1780 g/mol. The van der Waals surface area contributed by atoms with Gasteiger partial charge in [-0.15, -0.1) is 11.8 Å². The van der Waals surface area contributed by atoms with Gasteiger partial charge in [-0.3, -0.25) is 86.9 Å². The molecule has 2 fully saturated rings. The SMILES string of the molecule is CCCC[C@@H]1NC(=O)[C@H](CO)NC(=O)[C@H](Cc2c[nH]c3ccccc23)NC(=O)CN(C)C(=O)[C@H](CC(C)C)NC(=O)[C@H](Cc2cnc[nH]2)NC(=O)[C@@H]2CCCN2C(=O)[C@H](CC(N)=O)NC(=O)[C@H](C)N(C)C(=O)[C@H](Cc2ccccc2)NC(=O)CSC[C@@H](C(=O)NCC(N)=O)NC(=O)[C@H](CCCNC(=N)N)NC(=O)[C@H](CCCC)N(C)C(=O)[C@H](CCCC)N(C)C1=O. The standard InChI is InChI=1S/C84H127N23O18S/c1-11-14-27-56-80(122)106(10)66(31-16-13-3)83(125)105(9)64(30-15-12-2)77(119)96-55(29-22-33-90-84(87)88)73(115)102-63(72(114)92-42-68(86)110)45-126-46-70(112)95-60(36-50-24-18-17-19-25-50)81(123)104(8)49(6)71(113)99-61(39-67(85)109)82(124)107-34-23-32-65(107)78(120)98-58(38-52-41-89-47-93-52)75(117)100-59(35-48(4)5)79(121)103(7)43-69(111)94-57(74(116)101-62(44-108)76(118)97-56)37-51-40-91-54-28-21-20-26-53(51)54/h17-21,24-26,28,40-41,47-49,55-66,91,108H,11-16,22-23,27,29-39,42-46H2,1-10H3,(H2,85,109)(H2,86,110)(H,89,93)(H,92,114)(H,94,111)(H,95,112)(H,96,119)(H,97,118)(H,98,120)(H,99,113)(H,100,117)(H,101,116)(H,102,115)(H4,87,88,90)/t49-,55-,56-,57-,58-,59-,60-,61-,62-,63-,64-,65-,66-/m0/s1. The Morgan fingerprint density at radius 1 is 0.563 bits per heavy atom.